The quantitative estimate of drug-likeness (QED) is 0.401. The zero-order valence-corrected chi connectivity index (χ0v) is 18.3. The molecule has 2 amide bonds. The van der Waals surface area contributed by atoms with Crippen molar-refractivity contribution in [1.82, 2.24) is 4.90 Å². The molecule has 140 valence electrons. The van der Waals surface area contributed by atoms with Gasteiger partial charge in [0.05, 0.1) is 8.48 Å². The van der Waals surface area contributed by atoms with E-state index in [4.69, 9.17) is 4.74 Å². The molecule has 0 N–H and O–H groups in total. The first-order valence-corrected chi connectivity index (χ1v) is 10.5. The number of carbonyl (C=O) groups excluding carboxylic acids is 2. The van der Waals surface area contributed by atoms with Gasteiger partial charge in [-0.05, 0) is 84.5 Å². The van der Waals surface area contributed by atoms with Crippen LogP contribution in [0.4, 0.5) is 4.79 Å². The van der Waals surface area contributed by atoms with Crippen LogP contribution in [0.3, 0.4) is 0 Å². The molecule has 0 aromatic heterocycles. The summed E-state index contributed by atoms with van der Waals surface area (Å²) in [5.74, 6) is 0.569. The minimum Gasteiger partial charge on any atom is -0.488 e. The molecule has 1 aliphatic heterocycles. The molecule has 0 atom stereocenters. The van der Waals surface area contributed by atoms with Crippen molar-refractivity contribution in [3.8, 4) is 5.75 Å². The van der Waals surface area contributed by atoms with E-state index in [9.17, 15) is 9.59 Å². The SMILES string of the molecule is Cc1cccc(COc2ccc(/C=C3/SC(=O)N(C(C)C)C3=O)cc2I)c1. The van der Waals surface area contributed by atoms with E-state index < -0.39 is 0 Å². The van der Waals surface area contributed by atoms with Gasteiger partial charge in [-0.3, -0.25) is 14.5 Å². The zero-order valence-electron chi connectivity index (χ0n) is 15.4. The van der Waals surface area contributed by atoms with Gasteiger partial charge in [-0.1, -0.05) is 35.9 Å². The topological polar surface area (TPSA) is 46.6 Å². The summed E-state index contributed by atoms with van der Waals surface area (Å²) in [4.78, 5) is 26.1. The lowest BCUT2D eigenvalue weighted by Crippen LogP contribution is -2.34. The van der Waals surface area contributed by atoms with Gasteiger partial charge < -0.3 is 4.74 Å². The molecule has 0 spiro atoms. The standard InChI is InChI=1S/C21H20INO3S/c1-13(2)23-20(24)19(27-21(23)25)11-15-7-8-18(17(22)10-15)26-12-16-6-4-5-14(3)9-16/h4-11,13H,12H2,1-3H3/b19-11+. The lowest BCUT2D eigenvalue weighted by atomic mass is 10.1. The Morgan fingerprint density at radius 3 is 2.59 bits per heavy atom. The number of thioether (sulfide) groups is 1. The summed E-state index contributed by atoms with van der Waals surface area (Å²) >= 11 is 3.21. The van der Waals surface area contributed by atoms with Crippen molar-refractivity contribution < 1.29 is 14.3 Å². The minimum absolute atomic E-state index is 0.138. The Morgan fingerprint density at radius 2 is 1.96 bits per heavy atom. The lowest BCUT2D eigenvalue weighted by molar-refractivity contribution is -0.123. The van der Waals surface area contributed by atoms with Crippen LogP contribution in [0.5, 0.6) is 5.75 Å². The summed E-state index contributed by atoms with van der Waals surface area (Å²) in [5.41, 5.74) is 3.20. The second-order valence-corrected chi connectivity index (χ2v) is 8.77. The Labute approximate surface area is 177 Å². The van der Waals surface area contributed by atoms with Crippen molar-refractivity contribution in [2.24, 2.45) is 0 Å². The minimum atomic E-state index is -0.227. The van der Waals surface area contributed by atoms with Gasteiger partial charge in [0.25, 0.3) is 11.1 Å². The van der Waals surface area contributed by atoms with Crippen molar-refractivity contribution in [3.63, 3.8) is 0 Å². The summed E-state index contributed by atoms with van der Waals surface area (Å²) in [6, 6.07) is 13.8. The molecule has 3 rings (SSSR count). The van der Waals surface area contributed by atoms with Gasteiger partial charge >= 0.3 is 0 Å². The van der Waals surface area contributed by atoms with Crippen LogP contribution in [-0.2, 0) is 11.4 Å². The van der Waals surface area contributed by atoms with Crippen LogP contribution >= 0.6 is 34.4 Å². The third kappa shape index (κ3) is 4.73. The highest BCUT2D eigenvalue weighted by Gasteiger charge is 2.36. The van der Waals surface area contributed by atoms with Gasteiger partial charge in [0.1, 0.15) is 12.4 Å². The molecular weight excluding hydrogens is 473 g/mol. The highest BCUT2D eigenvalue weighted by molar-refractivity contribution is 14.1. The van der Waals surface area contributed by atoms with E-state index in [1.54, 1.807) is 6.08 Å². The van der Waals surface area contributed by atoms with E-state index in [2.05, 4.69) is 41.6 Å². The lowest BCUT2D eigenvalue weighted by Gasteiger charge is -2.16. The van der Waals surface area contributed by atoms with Gasteiger partial charge in [-0.25, -0.2) is 0 Å². The Balaban J connectivity index is 1.73. The van der Waals surface area contributed by atoms with Gasteiger partial charge in [0, 0.05) is 6.04 Å². The van der Waals surface area contributed by atoms with E-state index in [0.717, 1.165) is 32.2 Å². The largest absolute Gasteiger partial charge is 0.488 e. The molecule has 27 heavy (non-hydrogen) atoms. The molecule has 1 aliphatic rings. The van der Waals surface area contributed by atoms with Crippen molar-refractivity contribution in [3.05, 3.63) is 67.6 Å². The van der Waals surface area contributed by atoms with Crippen LogP contribution in [0.1, 0.15) is 30.5 Å². The van der Waals surface area contributed by atoms with E-state index in [-0.39, 0.29) is 17.2 Å². The first-order valence-electron chi connectivity index (χ1n) is 8.60. The average Bonchev–Trinajstić information content (AvgIpc) is 2.88. The number of aryl methyl sites for hydroxylation is 1. The molecule has 1 saturated heterocycles. The number of ether oxygens (including phenoxy) is 1. The maximum Gasteiger partial charge on any atom is 0.293 e. The monoisotopic (exact) mass is 493 g/mol. The first-order chi connectivity index (χ1) is 12.8. The molecule has 2 aromatic carbocycles. The molecular formula is C21H20INO3S. The van der Waals surface area contributed by atoms with E-state index in [0.29, 0.717) is 11.5 Å². The molecule has 4 nitrogen and oxygen atoms in total. The second kappa shape index (κ2) is 8.48. The van der Waals surface area contributed by atoms with Crippen LogP contribution in [-0.4, -0.2) is 22.1 Å². The zero-order chi connectivity index (χ0) is 19.6. The fourth-order valence-corrected chi connectivity index (χ4v) is 4.42. The third-order valence-corrected chi connectivity index (χ3v) is 5.80. The molecule has 2 aromatic rings. The summed E-state index contributed by atoms with van der Waals surface area (Å²) in [5, 5.41) is -0.214. The molecule has 1 heterocycles. The summed E-state index contributed by atoms with van der Waals surface area (Å²) in [6.07, 6.45) is 1.76. The molecule has 0 aliphatic carbocycles. The maximum atomic E-state index is 12.4. The normalized spacial score (nSPS) is 15.9. The van der Waals surface area contributed by atoms with Crippen molar-refractivity contribution in [1.29, 1.82) is 0 Å². The predicted octanol–water partition coefficient (Wildman–Crippen LogP) is 5.62. The van der Waals surface area contributed by atoms with Gasteiger partial charge in [-0.2, -0.15) is 0 Å². The summed E-state index contributed by atoms with van der Waals surface area (Å²) < 4.78 is 6.88. The molecule has 1 fully saturated rings. The number of hydrogen-bond donors (Lipinski definition) is 0. The maximum absolute atomic E-state index is 12.4. The highest BCUT2D eigenvalue weighted by atomic mass is 127. The van der Waals surface area contributed by atoms with Crippen molar-refractivity contribution in [2.75, 3.05) is 0 Å². The molecule has 6 heteroatoms. The predicted molar refractivity (Wildman–Crippen MR) is 118 cm³/mol. The van der Waals surface area contributed by atoms with E-state index in [1.165, 1.54) is 10.5 Å². The number of hydrogen-bond acceptors (Lipinski definition) is 4. The number of amides is 2. The number of nitrogens with zero attached hydrogens (tertiary/aromatic N) is 1. The van der Waals surface area contributed by atoms with Gasteiger partial charge in [0.2, 0.25) is 0 Å². The van der Waals surface area contributed by atoms with Crippen LogP contribution in [0.2, 0.25) is 0 Å². The second-order valence-electron chi connectivity index (χ2n) is 6.61. The van der Waals surface area contributed by atoms with Crippen LogP contribution in [0.15, 0.2) is 47.4 Å². The van der Waals surface area contributed by atoms with Crippen LogP contribution < -0.4 is 4.74 Å². The first kappa shape index (κ1) is 19.9. The van der Waals surface area contributed by atoms with Crippen molar-refractivity contribution in [2.45, 2.75) is 33.4 Å². The fraction of sp³-hybridized carbons (Fsp3) is 0.238. The number of benzene rings is 2. The Hall–Kier alpha value is -1.80. The van der Waals surface area contributed by atoms with Gasteiger partial charge in [0.15, 0.2) is 0 Å². The average molecular weight is 493 g/mol. The van der Waals surface area contributed by atoms with E-state index >= 15 is 0 Å². The van der Waals surface area contributed by atoms with Gasteiger partial charge in [-0.15, -0.1) is 0 Å². The highest BCUT2D eigenvalue weighted by Crippen LogP contribution is 2.34. The van der Waals surface area contributed by atoms with Crippen molar-refractivity contribution >= 4 is 51.6 Å². The number of imide groups is 1. The Kier molecular flexibility index (Phi) is 6.26. The molecule has 0 radical (unpaired) electrons. The number of carbonyl (C=O) groups is 2. The van der Waals surface area contributed by atoms with E-state index in [1.807, 2.05) is 44.2 Å². The summed E-state index contributed by atoms with van der Waals surface area (Å²) in [6.45, 7) is 6.23. The third-order valence-electron chi connectivity index (χ3n) is 4.07. The smallest absolute Gasteiger partial charge is 0.293 e. The molecule has 0 saturated carbocycles. The number of halogens is 1. The molecule has 0 unspecified atom stereocenters. The fourth-order valence-electron chi connectivity index (χ4n) is 2.76. The Bertz CT molecular complexity index is 923. The number of rotatable bonds is 5. The molecule has 0 bridgehead atoms. The van der Waals surface area contributed by atoms with Crippen LogP contribution in [0, 0.1) is 10.5 Å². The van der Waals surface area contributed by atoms with Crippen LogP contribution in [0.25, 0.3) is 6.08 Å². The Morgan fingerprint density at radius 1 is 1.19 bits per heavy atom. The summed E-state index contributed by atoms with van der Waals surface area (Å²) in [7, 11) is 0.